The monoisotopic (exact) mass is 470 g/mol. The molecule has 0 fully saturated rings. The maximum absolute atomic E-state index is 11.4. The summed E-state index contributed by atoms with van der Waals surface area (Å²) in [5, 5.41) is 0. The van der Waals surface area contributed by atoms with Gasteiger partial charge in [-0.15, -0.1) is 0 Å². The Morgan fingerprint density at radius 3 is 1.83 bits per heavy atom. The van der Waals surface area contributed by atoms with Crippen LogP contribution >= 0.6 is 0 Å². The van der Waals surface area contributed by atoms with Gasteiger partial charge in [0.1, 0.15) is 0 Å². The van der Waals surface area contributed by atoms with Crippen molar-refractivity contribution >= 4 is 11.4 Å². The fourth-order valence-corrected chi connectivity index (χ4v) is 5.07. The standard InChI is InChI=1S/C33H46N2/c1-4-7-10-11-12-14-18-28-20-16-23-30(25-28)33-31(21-9-6-3)26-32(35(33)34)29-22-15-19-27(24-29)17-13-8-5-2/h15-16,19-20,22-26H,4-14,17-18,21H2,1-3H3. The molecule has 0 spiro atoms. The largest absolute Gasteiger partial charge is 0.493 e. The van der Waals surface area contributed by atoms with Crippen LogP contribution in [0.1, 0.15) is 120 Å². The van der Waals surface area contributed by atoms with Gasteiger partial charge in [0.25, 0.3) is 0 Å². The summed E-state index contributed by atoms with van der Waals surface area (Å²) >= 11 is 0. The van der Waals surface area contributed by atoms with Crippen molar-refractivity contribution < 1.29 is 4.70 Å². The predicted molar refractivity (Wildman–Crippen MR) is 151 cm³/mol. The van der Waals surface area contributed by atoms with E-state index in [1.54, 1.807) is 0 Å². The Balaban J connectivity index is 1.77. The molecule has 0 aromatic heterocycles. The van der Waals surface area contributed by atoms with Crippen LogP contribution < -0.4 is 0 Å². The predicted octanol–water partition coefficient (Wildman–Crippen LogP) is 10.3. The molecule has 0 bridgehead atoms. The number of unbranched alkanes of at least 4 members (excludes halogenated alkanes) is 8. The Hall–Kier alpha value is -2.48. The van der Waals surface area contributed by atoms with Gasteiger partial charge in [0.05, 0.1) is 0 Å². The van der Waals surface area contributed by atoms with E-state index in [1.807, 2.05) is 0 Å². The zero-order valence-corrected chi connectivity index (χ0v) is 22.5. The van der Waals surface area contributed by atoms with E-state index in [2.05, 4.69) is 75.4 Å². The minimum absolute atomic E-state index is 0.907. The molecule has 0 saturated heterocycles. The molecule has 35 heavy (non-hydrogen) atoms. The Morgan fingerprint density at radius 1 is 0.600 bits per heavy atom. The Bertz CT molecular complexity index is 1010. The molecule has 2 aromatic rings. The smallest absolute Gasteiger partial charge is 0.210 e. The van der Waals surface area contributed by atoms with Crippen LogP contribution in [0.3, 0.4) is 0 Å². The second-order valence-corrected chi connectivity index (χ2v) is 10.2. The third-order valence-corrected chi connectivity index (χ3v) is 7.17. The quantitative estimate of drug-likeness (QED) is 0.172. The van der Waals surface area contributed by atoms with Crippen molar-refractivity contribution in [2.45, 2.75) is 111 Å². The average Bonchev–Trinajstić information content (AvgIpc) is 3.21. The summed E-state index contributed by atoms with van der Waals surface area (Å²) < 4.78 is 1.46. The molecule has 1 aliphatic heterocycles. The highest BCUT2D eigenvalue weighted by atomic mass is 15.2. The number of benzene rings is 2. The highest BCUT2D eigenvalue weighted by molar-refractivity contribution is 5.78. The first-order valence-corrected chi connectivity index (χ1v) is 14.3. The molecule has 0 atom stereocenters. The Kier molecular flexibility index (Phi) is 11.5. The van der Waals surface area contributed by atoms with Crippen molar-refractivity contribution in [3.05, 3.63) is 88.0 Å². The summed E-state index contributed by atoms with van der Waals surface area (Å²) in [7, 11) is 0. The van der Waals surface area contributed by atoms with Gasteiger partial charge in [-0.05, 0) is 73.9 Å². The maximum atomic E-state index is 11.4. The first kappa shape index (κ1) is 27.1. The second kappa shape index (κ2) is 14.8. The summed E-state index contributed by atoms with van der Waals surface area (Å²) in [4.78, 5) is 0. The van der Waals surface area contributed by atoms with Crippen molar-refractivity contribution in [2.24, 2.45) is 0 Å². The molecule has 2 aromatic carbocycles. The fraction of sp³-hybridized carbons (Fsp3) is 0.515. The Morgan fingerprint density at radius 2 is 1.14 bits per heavy atom. The summed E-state index contributed by atoms with van der Waals surface area (Å²) in [6.07, 6.45) is 19.3. The summed E-state index contributed by atoms with van der Waals surface area (Å²) in [6.45, 7) is 6.75. The number of hydrogen-bond donors (Lipinski definition) is 0. The minimum Gasteiger partial charge on any atom is -0.493 e. The van der Waals surface area contributed by atoms with Crippen LogP contribution in [0.15, 0.2) is 60.2 Å². The van der Waals surface area contributed by atoms with Crippen LogP contribution in [-0.4, -0.2) is 4.70 Å². The van der Waals surface area contributed by atoms with E-state index in [0.717, 1.165) is 54.6 Å². The average molecular weight is 471 g/mol. The van der Waals surface area contributed by atoms with Gasteiger partial charge in [-0.2, -0.15) is 0 Å². The van der Waals surface area contributed by atoms with Gasteiger partial charge in [0.15, 0.2) is 0 Å². The van der Waals surface area contributed by atoms with E-state index in [9.17, 15) is 5.53 Å². The SMILES string of the molecule is CCCCCCCCc1cccc(C2=C(CCCC)C=C(c3cccc(CCCCC)c3)[N+]2=[N-])c1. The number of rotatable bonds is 16. The highest BCUT2D eigenvalue weighted by Crippen LogP contribution is 2.37. The minimum atomic E-state index is 0.907. The molecule has 1 heterocycles. The van der Waals surface area contributed by atoms with E-state index < -0.39 is 0 Å². The zero-order valence-electron chi connectivity index (χ0n) is 22.5. The normalized spacial score (nSPS) is 13.6. The van der Waals surface area contributed by atoms with Gasteiger partial charge in [0, 0.05) is 22.8 Å². The Labute approximate surface area is 214 Å². The third kappa shape index (κ3) is 8.02. The molecule has 0 radical (unpaired) electrons. The molecule has 3 rings (SSSR count). The molecule has 0 aliphatic carbocycles. The molecule has 2 heteroatoms. The van der Waals surface area contributed by atoms with Gasteiger partial charge in [-0.3, -0.25) is 0 Å². The van der Waals surface area contributed by atoms with Gasteiger partial charge < -0.3 is 5.53 Å². The zero-order chi connectivity index (χ0) is 24.9. The van der Waals surface area contributed by atoms with Crippen molar-refractivity contribution in [3.8, 4) is 0 Å². The first-order chi connectivity index (χ1) is 17.2. The van der Waals surface area contributed by atoms with E-state index in [0.29, 0.717) is 0 Å². The van der Waals surface area contributed by atoms with Gasteiger partial charge >= 0.3 is 0 Å². The highest BCUT2D eigenvalue weighted by Gasteiger charge is 2.28. The molecule has 0 unspecified atom stereocenters. The van der Waals surface area contributed by atoms with Crippen molar-refractivity contribution in [3.63, 3.8) is 0 Å². The van der Waals surface area contributed by atoms with Crippen LogP contribution in [0, 0.1) is 0 Å². The van der Waals surface area contributed by atoms with Crippen LogP contribution in [0.2, 0.25) is 0 Å². The number of nitrogens with zero attached hydrogens (tertiary/aromatic N) is 2. The number of aryl methyl sites for hydroxylation is 2. The molecule has 0 N–H and O–H groups in total. The second-order valence-electron chi connectivity index (χ2n) is 10.2. The first-order valence-electron chi connectivity index (χ1n) is 14.3. The van der Waals surface area contributed by atoms with E-state index in [-0.39, 0.29) is 0 Å². The van der Waals surface area contributed by atoms with Crippen LogP contribution in [-0.2, 0) is 12.8 Å². The van der Waals surface area contributed by atoms with E-state index >= 15 is 0 Å². The molecule has 2 nitrogen and oxygen atoms in total. The van der Waals surface area contributed by atoms with Crippen molar-refractivity contribution in [2.75, 3.05) is 0 Å². The van der Waals surface area contributed by atoms with Gasteiger partial charge in [-0.1, -0.05) is 96.4 Å². The van der Waals surface area contributed by atoms with Crippen molar-refractivity contribution in [1.82, 2.24) is 0 Å². The molecule has 0 saturated carbocycles. The lowest BCUT2D eigenvalue weighted by atomic mass is 9.99. The number of hydrogen-bond acceptors (Lipinski definition) is 0. The molecule has 0 amide bonds. The summed E-state index contributed by atoms with van der Waals surface area (Å²) in [5.41, 5.74) is 19.5. The topological polar surface area (TPSA) is 25.3 Å². The summed E-state index contributed by atoms with van der Waals surface area (Å²) in [5.74, 6) is 0. The number of allylic oxidation sites excluding steroid dienone is 2. The molecular weight excluding hydrogens is 424 g/mol. The maximum Gasteiger partial charge on any atom is 0.210 e. The lowest BCUT2D eigenvalue weighted by molar-refractivity contribution is -0.344. The molecule has 1 aliphatic rings. The third-order valence-electron chi connectivity index (χ3n) is 7.17. The van der Waals surface area contributed by atoms with Crippen molar-refractivity contribution in [1.29, 1.82) is 0 Å². The fourth-order valence-electron chi connectivity index (χ4n) is 5.07. The van der Waals surface area contributed by atoms with Crippen LogP contribution in [0.4, 0.5) is 0 Å². The summed E-state index contributed by atoms with van der Waals surface area (Å²) in [6, 6.07) is 17.6. The van der Waals surface area contributed by atoms with Crippen LogP contribution in [0.5, 0.6) is 0 Å². The lowest BCUT2D eigenvalue weighted by Crippen LogP contribution is -2.03. The molecule has 188 valence electrons. The molecular formula is C33H46N2. The van der Waals surface area contributed by atoms with Crippen LogP contribution in [0.25, 0.3) is 16.9 Å². The van der Waals surface area contributed by atoms with Gasteiger partial charge in [-0.25, -0.2) is 4.70 Å². The van der Waals surface area contributed by atoms with E-state index in [4.69, 9.17) is 0 Å². The lowest BCUT2D eigenvalue weighted by Gasteiger charge is -2.12. The van der Waals surface area contributed by atoms with E-state index in [1.165, 1.54) is 79.2 Å². The van der Waals surface area contributed by atoms with Gasteiger partial charge in [0.2, 0.25) is 11.4 Å².